The molecule has 2 rings (SSSR count). The van der Waals surface area contributed by atoms with E-state index in [1.54, 1.807) is 7.11 Å². The van der Waals surface area contributed by atoms with Gasteiger partial charge in [0.2, 0.25) is 0 Å². The number of nitrogens with one attached hydrogen (secondary N) is 1. The molecule has 1 saturated heterocycles. The number of hydroxylamine groups is 2. The molecule has 6 nitrogen and oxygen atoms in total. The fourth-order valence-corrected chi connectivity index (χ4v) is 3.54. The van der Waals surface area contributed by atoms with Gasteiger partial charge in [-0.15, -0.1) is 0 Å². The molecule has 1 heterocycles. The maximum Gasteiger partial charge on any atom is 0.144 e. The summed E-state index contributed by atoms with van der Waals surface area (Å²) in [6, 6.07) is -0.380. The van der Waals surface area contributed by atoms with Crippen molar-refractivity contribution in [3.8, 4) is 0 Å². The minimum atomic E-state index is -0.787. The summed E-state index contributed by atoms with van der Waals surface area (Å²) in [5, 5.41) is 33.9. The van der Waals surface area contributed by atoms with Gasteiger partial charge in [-0.05, 0) is 19.3 Å². The van der Waals surface area contributed by atoms with Crippen molar-refractivity contribution in [2.75, 3.05) is 13.7 Å². The third-order valence-corrected chi connectivity index (χ3v) is 4.55. The van der Waals surface area contributed by atoms with Gasteiger partial charge in [-0.1, -0.05) is 12.5 Å². The van der Waals surface area contributed by atoms with E-state index in [0.29, 0.717) is 6.42 Å². The van der Waals surface area contributed by atoms with E-state index in [2.05, 4.69) is 5.32 Å². The fourth-order valence-electron chi connectivity index (χ4n) is 3.54. The quantitative estimate of drug-likeness (QED) is 0.485. The molecule has 0 aromatic carbocycles. The molecular weight excluding hydrogens is 236 g/mol. The van der Waals surface area contributed by atoms with Crippen LogP contribution in [0.4, 0.5) is 0 Å². The van der Waals surface area contributed by atoms with Crippen molar-refractivity contribution in [3.63, 3.8) is 0 Å². The zero-order valence-corrected chi connectivity index (χ0v) is 10.9. The largest absolute Gasteiger partial charge is 0.848 e. The van der Waals surface area contributed by atoms with E-state index in [1.807, 2.05) is 0 Å². The number of nitrogens with two attached hydrogens (primary N) is 1. The van der Waals surface area contributed by atoms with Crippen LogP contribution in [0.3, 0.4) is 0 Å². The Bertz CT molecular complexity index is 264. The lowest BCUT2D eigenvalue weighted by Crippen LogP contribution is -3.11. The highest BCUT2D eigenvalue weighted by Crippen LogP contribution is 2.28. The van der Waals surface area contributed by atoms with Crippen molar-refractivity contribution >= 4 is 0 Å². The van der Waals surface area contributed by atoms with E-state index in [1.165, 1.54) is 0 Å². The van der Waals surface area contributed by atoms with Crippen molar-refractivity contribution in [3.05, 3.63) is 5.21 Å². The third kappa shape index (κ3) is 3.01. The highest BCUT2D eigenvalue weighted by molar-refractivity contribution is 4.86. The molecule has 6 heteroatoms. The molecule has 0 aromatic heterocycles. The summed E-state index contributed by atoms with van der Waals surface area (Å²) in [5.41, 5.74) is 0. The summed E-state index contributed by atoms with van der Waals surface area (Å²) >= 11 is 0. The number of hydrogen-bond acceptors (Lipinski definition) is 4. The van der Waals surface area contributed by atoms with Crippen LogP contribution in [0.2, 0.25) is 0 Å². The van der Waals surface area contributed by atoms with Crippen molar-refractivity contribution in [2.45, 2.75) is 56.4 Å². The van der Waals surface area contributed by atoms with Gasteiger partial charge in [0.15, 0.2) is 0 Å². The van der Waals surface area contributed by atoms with Gasteiger partial charge in [-0.2, -0.15) is 0 Å². The van der Waals surface area contributed by atoms with Gasteiger partial charge in [0.1, 0.15) is 12.1 Å². The maximum atomic E-state index is 12.0. The summed E-state index contributed by atoms with van der Waals surface area (Å²) in [7, 11) is 1.57. The van der Waals surface area contributed by atoms with E-state index in [-0.39, 0.29) is 18.1 Å². The van der Waals surface area contributed by atoms with Crippen LogP contribution in [-0.4, -0.2) is 43.2 Å². The monoisotopic (exact) mass is 260 g/mol. The lowest BCUT2D eigenvalue weighted by molar-refractivity contribution is -1.07. The number of hydrogen-bond donors (Lipinski definition) is 3. The van der Waals surface area contributed by atoms with Crippen molar-refractivity contribution < 1.29 is 25.6 Å². The van der Waals surface area contributed by atoms with E-state index in [0.717, 1.165) is 32.2 Å². The summed E-state index contributed by atoms with van der Waals surface area (Å²) in [5.74, 6) is 0.236. The Labute approximate surface area is 107 Å². The molecule has 6 unspecified atom stereocenters. The lowest BCUT2D eigenvalue weighted by Gasteiger charge is -2.44. The highest BCUT2D eigenvalue weighted by atomic mass is 16.8. The molecule has 0 aromatic rings. The topological polar surface area (TPSA) is 96.6 Å². The zero-order chi connectivity index (χ0) is 13.1. The minimum absolute atomic E-state index is 0.0680. The van der Waals surface area contributed by atoms with Crippen molar-refractivity contribution in [1.82, 2.24) is 0 Å². The van der Waals surface area contributed by atoms with Gasteiger partial charge >= 0.3 is 0 Å². The zero-order valence-electron chi connectivity index (χ0n) is 10.9. The molecule has 2 fully saturated rings. The van der Waals surface area contributed by atoms with Crippen LogP contribution in [0.15, 0.2) is 0 Å². The summed E-state index contributed by atoms with van der Waals surface area (Å²) in [6.07, 6.45) is 3.28. The Kier molecular flexibility index (Phi) is 4.94. The van der Waals surface area contributed by atoms with Crippen LogP contribution < -0.4 is 15.6 Å². The standard InChI is InChI=1S/C12H23N2O4/c1-18-11-5-4-8(7-9(11)14(16)17)12-10(15)3-2-6-13-12/h8-14,16H,2-7H2,1H3/q-1/p+1. The van der Waals surface area contributed by atoms with Crippen LogP contribution in [0.25, 0.3) is 0 Å². The Morgan fingerprint density at radius 1 is 1.33 bits per heavy atom. The number of rotatable bonds is 3. The summed E-state index contributed by atoms with van der Waals surface area (Å²) in [4.78, 5) is 0. The van der Waals surface area contributed by atoms with Crippen LogP contribution in [0.5, 0.6) is 0 Å². The molecule has 6 atom stereocenters. The van der Waals surface area contributed by atoms with E-state index >= 15 is 0 Å². The lowest BCUT2D eigenvalue weighted by atomic mass is 9.76. The van der Waals surface area contributed by atoms with Gasteiger partial charge in [-0.3, -0.25) is 0 Å². The van der Waals surface area contributed by atoms with Crippen molar-refractivity contribution in [2.24, 2.45) is 5.92 Å². The molecule has 0 spiro atoms. The van der Waals surface area contributed by atoms with Gasteiger partial charge in [0.05, 0.1) is 12.6 Å². The average Bonchev–Trinajstić information content (AvgIpc) is 2.38. The second kappa shape index (κ2) is 6.27. The summed E-state index contributed by atoms with van der Waals surface area (Å²) < 4.78 is 5.26. The first-order valence-corrected chi connectivity index (χ1v) is 6.88. The van der Waals surface area contributed by atoms with E-state index < -0.39 is 17.4 Å². The third-order valence-electron chi connectivity index (χ3n) is 4.55. The van der Waals surface area contributed by atoms with Crippen LogP contribution in [-0.2, 0) is 4.74 Å². The molecule has 18 heavy (non-hydrogen) atoms. The van der Waals surface area contributed by atoms with Crippen molar-refractivity contribution in [1.29, 1.82) is 0 Å². The van der Waals surface area contributed by atoms with Crippen LogP contribution in [0.1, 0.15) is 32.1 Å². The number of ether oxygens (including phenoxy) is 1. The first kappa shape index (κ1) is 14.2. The predicted molar refractivity (Wildman–Crippen MR) is 61.6 cm³/mol. The van der Waals surface area contributed by atoms with E-state index in [4.69, 9.17) is 4.74 Å². The Morgan fingerprint density at radius 3 is 2.72 bits per heavy atom. The number of methoxy groups -OCH3 is 1. The maximum absolute atomic E-state index is 12.0. The van der Waals surface area contributed by atoms with Crippen LogP contribution in [0, 0.1) is 11.1 Å². The summed E-state index contributed by atoms with van der Waals surface area (Å²) in [6.45, 7) is 1.01. The normalized spacial score (nSPS) is 43.7. The molecular formula is C12H24N2O4. The average molecular weight is 260 g/mol. The molecule has 0 amide bonds. The SMILES string of the molecule is COC1CCC(C2[NH2+]CCCC2[O-])CC1[NH+]([O-])O. The Morgan fingerprint density at radius 2 is 2.11 bits per heavy atom. The minimum Gasteiger partial charge on any atom is -0.848 e. The van der Waals surface area contributed by atoms with Gasteiger partial charge < -0.3 is 20.4 Å². The molecule has 0 radical (unpaired) electrons. The first-order chi connectivity index (χ1) is 8.63. The Hall–Kier alpha value is -0.240. The van der Waals surface area contributed by atoms with Gasteiger partial charge in [0, 0.05) is 19.4 Å². The predicted octanol–water partition coefficient (Wildman–Crippen LogP) is -2.60. The number of piperidine rings is 1. The van der Waals surface area contributed by atoms with Gasteiger partial charge in [0.25, 0.3) is 0 Å². The van der Waals surface area contributed by atoms with E-state index in [9.17, 15) is 15.5 Å². The molecule has 1 aliphatic carbocycles. The van der Waals surface area contributed by atoms with Crippen LogP contribution >= 0.6 is 0 Å². The second-order valence-electron chi connectivity index (χ2n) is 5.57. The molecule has 0 bridgehead atoms. The highest BCUT2D eigenvalue weighted by Gasteiger charge is 2.40. The fraction of sp³-hybridized carbons (Fsp3) is 1.00. The smallest absolute Gasteiger partial charge is 0.144 e. The molecule has 4 N–H and O–H groups in total. The molecule has 2 aliphatic rings. The Balaban J connectivity index is 1.98. The number of quaternary nitrogens is 2. The first-order valence-electron chi connectivity index (χ1n) is 6.88. The second-order valence-corrected chi connectivity index (χ2v) is 5.57. The molecule has 1 aliphatic heterocycles. The molecule has 1 saturated carbocycles. The molecule has 106 valence electrons. The van der Waals surface area contributed by atoms with Gasteiger partial charge in [-0.25, -0.2) is 10.4 Å².